The Morgan fingerprint density at radius 3 is 1.36 bits per heavy atom. The second-order valence-corrected chi connectivity index (χ2v) is 31.6. The van der Waals surface area contributed by atoms with Crippen molar-refractivity contribution in [3.8, 4) is 5.75 Å². The van der Waals surface area contributed by atoms with Crippen molar-refractivity contribution in [3.63, 3.8) is 0 Å². The maximum atomic E-state index is 15.3. The first-order valence-corrected chi connectivity index (χ1v) is 37.9. The third kappa shape index (κ3) is 20.6. The molecule has 596 valence electrons. The highest BCUT2D eigenvalue weighted by Gasteiger charge is 2.49. The molecular weight excluding hydrogens is 1450 g/mol. The topological polar surface area (TPSA) is 414 Å². The van der Waals surface area contributed by atoms with Crippen LogP contribution in [-0.2, 0) is 91.5 Å². The number of likely N-dealkylation sites (tertiary alicyclic amines) is 2. The van der Waals surface area contributed by atoms with Crippen LogP contribution < -0.4 is 52.6 Å². The molecule has 2 fully saturated rings. The van der Waals surface area contributed by atoms with Gasteiger partial charge in [-0.05, 0) is 107 Å². The van der Waals surface area contributed by atoms with Gasteiger partial charge in [-0.2, -0.15) is 0 Å². The second kappa shape index (κ2) is 35.6. The molecule has 8 aromatic rings. The second-order valence-electron chi connectivity index (χ2n) is 31.6. The minimum atomic E-state index is -1.53. The van der Waals surface area contributed by atoms with E-state index in [0.29, 0.717) is 45.1 Å². The van der Waals surface area contributed by atoms with Gasteiger partial charge < -0.3 is 72.6 Å². The smallest absolute Gasteiger partial charge is 0.326 e. The summed E-state index contributed by atoms with van der Waals surface area (Å²) in [6.45, 7) is 13.6. The zero-order valence-electron chi connectivity index (χ0n) is 64.9. The van der Waals surface area contributed by atoms with Crippen LogP contribution in [0.3, 0.4) is 0 Å². The molecule has 0 aliphatic carbocycles. The Kier molecular flexibility index (Phi) is 25.8. The minimum Gasteiger partial charge on any atom is -0.487 e. The van der Waals surface area contributed by atoms with Crippen LogP contribution in [0.15, 0.2) is 146 Å². The lowest BCUT2D eigenvalue weighted by Gasteiger charge is -2.36. The third-order valence-electron chi connectivity index (χ3n) is 21.1. The van der Waals surface area contributed by atoms with E-state index in [-0.39, 0.29) is 71.1 Å². The number of hydrogen-bond acceptors (Lipinski definition) is 18. The molecule has 12 atom stereocenters. The quantitative estimate of drug-likeness (QED) is 0.0723. The van der Waals surface area contributed by atoms with E-state index in [9.17, 15) is 43.8 Å². The lowest BCUT2D eigenvalue weighted by atomic mass is 9.85. The summed E-state index contributed by atoms with van der Waals surface area (Å²) in [7, 11) is 3.21. The molecule has 0 saturated carbocycles. The van der Waals surface area contributed by atoms with E-state index in [1.165, 1.54) is 19.2 Å². The summed E-state index contributed by atoms with van der Waals surface area (Å²) in [5, 5.41) is 68.2. The number of aromatic nitrogens is 6. The summed E-state index contributed by atoms with van der Waals surface area (Å²) in [5.74, 6) is -8.13. The molecule has 0 spiro atoms. The molecule has 6 aromatic carbocycles. The molecule has 11 N–H and O–H groups in total. The number of benzene rings is 6. The highest BCUT2D eigenvalue weighted by molar-refractivity contribution is 5.99. The van der Waals surface area contributed by atoms with Crippen LogP contribution in [0.2, 0.25) is 0 Å². The van der Waals surface area contributed by atoms with Crippen molar-refractivity contribution in [1.29, 1.82) is 0 Å². The van der Waals surface area contributed by atoms with Gasteiger partial charge in [0.1, 0.15) is 66.4 Å². The monoisotopic (exact) mass is 1550 g/mol. The fraction of sp³-hybridized carbons (Fsp3) is 0.427. The molecule has 31 heteroatoms. The SMILES string of the molecule is CN[C@@H](C)C(=O)N[C@H](C(=O)N1C[C@@H]2C[C@H]1C(=O)N[C@@H](Cc1ccc3ccccc3c1)C(=O)N[C@H](C(=O)O)Cc1ccc(cc1)OCc1cn(nn1)[C@H]1C[C@@H](C(=O)N[C@@H](Cc3ccc4ccccc4c3)C(=O)N[C@H](C(=O)O)Cc3ccc(cc3)NC(=O)CCc3cn2nn3)N(C(=O)[C@@H](NC(=O)[C@H](C)NC)C(C)(C)C)C1)C(C)(C)C. The average Bonchev–Trinajstić information content (AvgIpc) is 1.66. The predicted molar refractivity (Wildman–Crippen MR) is 418 cm³/mol. The number of rotatable bonds is 14. The molecule has 0 radical (unpaired) electrons. The number of nitrogens with zero attached hydrogens (tertiary/aromatic N) is 8. The number of carboxylic acid groups (broad SMARTS) is 2. The number of fused-ring (bicyclic) bond motifs is 2. The van der Waals surface area contributed by atoms with Crippen LogP contribution in [0.5, 0.6) is 5.75 Å². The Hall–Kier alpha value is -12.0. The highest BCUT2D eigenvalue weighted by atomic mass is 16.5. The molecule has 0 unspecified atom stereocenters. The number of aliphatic carboxylic acids is 2. The summed E-state index contributed by atoms with van der Waals surface area (Å²) in [6.07, 6.45) is 2.44. The lowest BCUT2D eigenvalue weighted by molar-refractivity contribution is -0.145. The fourth-order valence-corrected chi connectivity index (χ4v) is 14.2. The Morgan fingerprint density at radius 2 is 0.938 bits per heavy atom. The van der Waals surface area contributed by atoms with Crippen molar-refractivity contribution in [2.45, 2.75) is 186 Å². The van der Waals surface area contributed by atoms with Crippen LogP contribution in [0.1, 0.15) is 120 Å². The van der Waals surface area contributed by atoms with Gasteiger partial charge in [-0.1, -0.05) is 161 Å². The van der Waals surface area contributed by atoms with E-state index < -0.39 is 148 Å². The van der Waals surface area contributed by atoms with Gasteiger partial charge >= 0.3 is 11.9 Å². The number of carbonyl (C=O) groups is 11. The molecule has 2 aromatic heterocycles. The van der Waals surface area contributed by atoms with Crippen molar-refractivity contribution in [1.82, 2.24) is 82.3 Å². The maximum Gasteiger partial charge on any atom is 0.326 e. The van der Waals surface area contributed by atoms with Crippen LogP contribution in [0.4, 0.5) is 5.69 Å². The van der Waals surface area contributed by atoms with E-state index >= 15 is 19.2 Å². The third-order valence-corrected chi connectivity index (χ3v) is 21.1. The predicted octanol–water partition coefficient (Wildman–Crippen LogP) is 4.28. The summed E-state index contributed by atoms with van der Waals surface area (Å²) in [6, 6.07) is 25.5. The molecule has 9 amide bonds. The van der Waals surface area contributed by atoms with E-state index in [1.54, 1.807) is 136 Å². The first-order valence-electron chi connectivity index (χ1n) is 37.9. The molecule has 31 nitrogen and oxygen atoms in total. The van der Waals surface area contributed by atoms with Gasteiger partial charge in [0.2, 0.25) is 53.2 Å². The number of ether oxygens (including phenoxy) is 1. The molecular formula is C82H99N17O14. The Morgan fingerprint density at radius 1 is 0.522 bits per heavy atom. The van der Waals surface area contributed by atoms with Crippen molar-refractivity contribution in [3.05, 3.63) is 179 Å². The molecule has 14 rings (SSSR count). The molecule has 113 heavy (non-hydrogen) atoms. The normalized spacial score (nSPS) is 21.6. The summed E-state index contributed by atoms with van der Waals surface area (Å²) in [4.78, 5) is 161. The van der Waals surface area contributed by atoms with Gasteiger partial charge in [0, 0.05) is 76.3 Å². The summed E-state index contributed by atoms with van der Waals surface area (Å²) < 4.78 is 9.19. The Bertz CT molecular complexity index is 4840. The van der Waals surface area contributed by atoms with Crippen LogP contribution in [0.25, 0.3) is 21.5 Å². The summed E-state index contributed by atoms with van der Waals surface area (Å²) >= 11 is 0. The van der Waals surface area contributed by atoms with E-state index in [2.05, 4.69) is 68.5 Å². The van der Waals surface area contributed by atoms with E-state index in [1.807, 2.05) is 78.9 Å². The zero-order chi connectivity index (χ0) is 81.2. The first-order chi connectivity index (χ1) is 53.8. The maximum absolute atomic E-state index is 15.3. The van der Waals surface area contributed by atoms with Gasteiger partial charge in [-0.15, -0.1) is 10.2 Å². The van der Waals surface area contributed by atoms with Crippen molar-refractivity contribution in [2.24, 2.45) is 10.8 Å². The number of carboxylic acids is 2. The van der Waals surface area contributed by atoms with Crippen LogP contribution in [-0.4, -0.2) is 203 Å². The number of amides is 9. The van der Waals surface area contributed by atoms with Crippen LogP contribution >= 0.6 is 0 Å². The standard InChI is InChI=1S/C82H99N17O14/c1-46(83-9)71(101)90-69(81(3,4)5)77(107)96-43-59-39-66(96)75(105)86-63(38-51-20-26-53-16-12-14-18-55(53)34-51)74(104)89-65(80(111)112)36-49-23-30-61(31-24-49)113-45-58-42-99(95-93-58)60-40-67(97(44-60)78(108)70(82(6,7)8)91-72(102)47(2)84-10)76(106)87-62(37-50-19-25-52-15-11-13-17-54(52)33-50)73(103)88-64(79(109)110)35-48-21-27-56(28-22-48)85-68(100)32-29-57-41-98(59)94-92-57/h11-28,30-31,33-34,41-42,46-47,59-60,62-67,69-70,83-84H,29,32,35-40,43-45H2,1-10H3,(H,85,100)(H,86,105)(H,87,106)(H,88,103)(H,89,104)(H,90,101)(H,91,102)(H,109,110)(H,111,112)/t46-,47-,59-,60-,62-,63-,64-,65-,66-,67-,69+,70+/m0/s1. The van der Waals surface area contributed by atoms with Gasteiger partial charge in [0.05, 0.1) is 36.1 Å². The molecule has 8 heterocycles. The van der Waals surface area contributed by atoms with Gasteiger partial charge in [-0.25, -0.2) is 19.0 Å². The van der Waals surface area contributed by atoms with Crippen molar-refractivity contribution in [2.75, 3.05) is 32.5 Å². The van der Waals surface area contributed by atoms with Gasteiger partial charge in [0.25, 0.3) is 0 Å². The number of hydrogen-bond donors (Lipinski definition) is 11. The number of carbonyl (C=O) groups excluding carboxylic acids is 9. The van der Waals surface area contributed by atoms with Gasteiger partial charge in [0.15, 0.2) is 0 Å². The number of likely N-dealkylation sites (N-methyl/N-ethyl adjacent to an activating group) is 2. The van der Waals surface area contributed by atoms with Crippen LogP contribution in [0, 0.1) is 10.8 Å². The fourth-order valence-electron chi connectivity index (χ4n) is 14.2. The molecule has 2 saturated heterocycles. The largest absolute Gasteiger partial charge is 0.487 e. The van der Waals surface area contributed by atoms with Gasteiger partial charge in [-0.3, -0.25) is 43.2 Å². The first kappa shape index (κ1) is 82.0. The lowest BCUT2D eigenvalue weighted by Crippen LogP contribution is -2.60. The summed E-state index contributed by atoms with van der Waals surface area (Å²) in [5.41, 5.74) is 1.49. The Balaban J connectivity index is 0.913. The average molecular weight is 1550 g/mol. The zero-order valence-corrected chi connectivity index (χ0v) is 64.9. The molecule has 6 aliphatic rings. The highest BCUT2D eigenvalue weighted by Crippen LogP contribution is 2.34. The number of aryl methyl sites for hydroxylation is 1. The Labute approximate surface area is 653 Å². The van der Waals surface area contributed by atoms with Crippen molar-refractivity contribution < 1.29 is 67.7 Å². The van der Waals surface area contributed by atoms with E-state index in [4.69, 9.17) is 4.74 Å². The molecule has 6 aliphatic heterocycles. The number of nitrogens with one attached hydrogen (secondary N) is 9. The molecule has 12 bridgehead atoms. The minimum absolute atomic E-state index is 0.0522. The number of anilines is 1. The van der Waals surface area contributed by atoms with Crippen molar-refractivity contribution >= 4 is 92.3 Å². The van der Waals surface area contributed by atoms with E-state index in [0.717, 1.165) is 21.5 Å².